The monoisotopic (exact) mass is 320 g/mol. The number of thiophene rings is 2. The van der Waals surface area contributed by atoms with Crippen LogP contribution < -0.4 is 0 Å². The molecule has 1 atom stereocenters. The Hall–Kier alpha value is 0.170. The first-order valence-corrected chi connectivity index (χ1v) is 7.52. The van der Waals surface area contributed by atoms with Crippen LogP contribution in [-0.4, -0.2) is 0 Å². The Balaban J connectivity index is 2.35. The fourth-order valence-electron chi connectivity index (χ4n) is 1.52. The van der Waals surface area contributed by atoms with E-state index in [0.717, 1.165) is 4.34 Å². The van der Waals surface area contributed by atoms with Crippen molar-refractivity contribution < 1.29 is 0 Å². The molecule has 0 saturated carbocycles. The molecule has 0 saturated heterocycles. The average Bonchev–Trinajstić information content (AvgIpc) is 2.71. The molecule has 15 heavy (non-hydrogen) atoms. The van der Waals surface area contributed by atoms with E-state index >= 15 is 0 Å². The zero-order chi connectivity index (χ0) is 11.0. The molecule has 0 fully saturated rings. The highest BCUT2D eigenvalue weighted by Crippen LogP contribution is 2.40. The van der Waals surface area contributed by atoms with E-state index in [1.54, 1.807) is 11.3 Å². The van der Waals surface area contributed by atoms with E-state index in [4.69, 9.17) is 11.6 Å². The van der Waals surface area contributed by atoms with Gasteiger partial charge >= 0.3 is 0 Å². The first kappa shape index (κ1) is 11.6. The molecule has 0 N–H and O–H groups in total. The summed E-state index contributed by atoms with van der Waals surface area (Å²) < 4.78 is 0.848. The summed E-state index contributed by atoms with van der Waals surface area (Å²) in [6, 6.07) is 4.25. The lowest BCUT2D eigenvalue weighted by Crippen LogP contribution is -1.88. The van der Waals surface area contributed by atoms with Gasteiger partial charge in [0.05, 0.1) is 9.16 Å². The van der Waals surface area contributed by atoms with Gasteiger partial charge < -0.3 is 0 Å². The molecule has 0 spiro atoms. The van der Waals surface area contributed by atoms with Gasteiger partial charge in [-0.3, -0.25) is 0 Å². The lowest BCUT2D eigenvalue weighted by atomic mass is 10.1. The summed E-state index contributed by atoms with van der Waals surface area (Å²) in [6.07, 6.45) is 0. The first-order valence-electron chi connectivity index (χ1n) is 4.53. The van der Waals surface area contributed by atoms with Crippen molar-refractivity contribution >= 4 is 50.2 Å². The summed E-state index contributed by atoms with van der Waals surface area (Å²) in [6.45, 7) is 4.29. The number of rotatable bonds is 2. The molecule has 2 heterocycles. The van der Waals surface area contributed by atoms with Crippen LogP contribution >= 0.6 is 50.2 Å². The van der Waals surface area contributed by atoms with Crippen LogP contribution in [0.1, 0.15) is 25.7 Å². The van der Waals surface area contributed by atoms with Crippen molar-refractivity contribution in [3.8, 4) is 0 Å². The Morgan fingerprint density at radius 3 is 2.53 bits per heavy atom. The molecule has 0 radical (unpaired) electrons. The standard InChI is InChI=1S/C11H10BrClS2/c1-6-3-7(2)15-11(6)10(12)8-4-9(13)14-5-8/h3-5,10H,1-2H3. The quantitative estimate of drug-likeness (QED) is 0.635. The molecule has 1 unspecified atom stereocenters. The third-order valence-corrected chi connectivity index (χ3v) is 5.81. The maximum atomic E-state index is 5.94. The molecule has 0 aliphatic carbocycles. The van der Waals surface area contributed by atoms with Crippen LogP contribution in [-0.2, 0) is 0 Å². The largest absolute Gasteiger partial charge is 0.144 e. The molecule has 4 heteroatoms. The van der Waals surface area contributed by atoms with Crippen LogP contribution in [0.3, 0.4) is 0 Å². The number of hydrogen-bond acceptors (Lipinski definition) is 2. The molecule has 2 aromatic rings. The van der Waals surface area contributed by atoms with Crippen LogP contribution in [0.15, 0.2) is 17.5 Å². The van der Waals surface area contributed by atoms with E-state index in [2.05, 4.69) is 41.2 Å². The van der Waals surface area contributed by atoms with E-state index in [-0.39, 0.29) is 4.83 Å². The predicted octanol–water partition coefficient (Wildman–Crippen LogP) is 5.56. The smallest absolute Gasteiger partial charge is 0.0931 e. The Kier molecular flexibility index (Phi) is 3.56. The second-order valence-electron chi connectivity index (χ2n) is 3.45. The van der Waals surface area contributed by atoms with Crippen LogP contribution in [0.25, 0.3) is 0 Å². The molecule has 80 valence electrons. The minimum atomic E-state index is 0.278. The minimum absolute atomic E-state index is 0.278. The Bertz CT molecular complexity index is 473. The summed E-state index contributed by atoms with van der Waals surface area (Å²) >= 11 is 13.1. The predicted molar refractivity (Wildman–Crippen MR) is 73.9 cm³/mol. The molecule has 2 aromatic heterocycles. The third-order valence-electron chi connectivity index (χ3n) is 2.19. The fraction of sp³-hybridized carbons (Fsp3) is 0.273. The van der Waals surface area contributed by atoms with Gasteiger partial charge in [0.15, 0.2) is 0 Å². The number of halogens is 2. The Morgan fingerprint density at radius 2 is 2.07 bits per heavy atom. The topological polar surface area (TPSA) is 0 Å². The lowest BCUT2D eigenvalue weighted by Gasteiger charge is -2.06. The Morgan fingerprint density at radius 1 is 1.33 bits per heavy atom. The van der Waals surface area contributed by atoms with E-state index in [9.17, 15) is 0 Å². The molecule has 0 amide bonds. The molecule has 0 bridgehead atoms. The van der Waals surface area contributed by atoms with Crippen molar-refractivity contribution in [2.45, 2.75) is 18.7 Å². The van der Waals surface area contributed by atoms with E-state index in [1.165, 1.54) is 20.9 Å². The second kappa shape index (κ2) is 4.58. The second-order valence-corrected chi connectivity index (χ2v) is 7.20. The van der Waals surface area contributed by atoms with Gasteiger partial charge in [0, 0.05) is 9.75 Å². The zero-order valence-corrected chi connectivity index (χ0v) is 12.4. The van der Waals surface area contributed by atoms with Crippen LogP contribution in [0.2, 0.25) is 4.34 Å². The maximum Gasteiger partial charge on any atom is 0.0931 e. The van der Waals surface area contributed by atoms with Gasteiger partial charge in [-0.15, -0.1) is 22.7 Å². The number of hydrogen-bond donors (Lipinski definition) is 0. The molecule has 0 aliphatic rings. The van der Waals surface area contributed by atoms with Gasteiger partial charge in [0.1, 0.15) is 0 Å². The minimum Gasteiger partial charge on any atom is -0.144 e. The summed E-state index contributed by atoms with van der Waals surface area (Å²) in [5.74, 6) is 0. The molecular weight excluding hydrogens is 312 g/mol. The third kappa shape index (κ3) is 2.47. The van der Waals surface area contributed by atoms with Crippen molar-refractivity contribution in [2.24, 2.45) is 0 Å². The van der Waals surface area contributed by atoms with E-state index < -0.39 is 0 Å². The van der Waals surface area contributed by atoms with Gasteiger partial charge in [-0.2, -0.15) is 0 Å². The van der Waals surface area contributed by atoms with Gasteiger partial charge in [-0.1, -0.05) is 27.5 Å². The molecule has 0 nitrogen and oxygen atoms in total. The van der Waals surface area contributed by atoms with Crippen molar-refractivity contribution in [1.29, 1.82) is 0 Å². The number of alkyl halides is 1. The van der Waals surface area contributed by atoms with Crippen molar-refractivity contribution in [1.82, 2.24) is 0 Å². The molecule has 0 aliphatic heterocycles. The van der Waals surface area contributed by atoms with E-state index in [1.807, 2.05) is 17.4 Å². The van der Waals surface area contributed by atoms with Crippen LogP contribution in [0, 0.1) is 13.8 Å². The Labute approximate surface area is 111 Å². The molecule has 2 rings (SSSR count). The lowest BCUT2D eigenvalue weighted by molar-refractivity contribution is 1.21. The van der Waals surface area contributed by atoms with Crippen molar-refractivity contribution in [3.05, 3.63) is 42.7 Å². The molecular formula is C11H10BrClS2. The highest BCUT2D eigenvalue weighted by Gasteiger charge is 2.16. The van der Waals surface area contributed by atoms with E-state index in [0.29, 0.717) is 0 Å². The maximum absolute atomic E-state index is 5.94. The normalized spacial score (nSPS) is 13.1. The molecule has 0 aromatic carbocycles. The van der Waals surface area contributed by atoms with Crippen molar-refractivity contribution in [2.75, 3.05) is 0 Å². The highest BCUT2D eigenvalue weighted by molar-refractivity contribution is 9.09. The summed E-state index contributed by atoms with van der Waals surface area (Å²) in [5, 5.41) is 2.11. The summed E-state index contributed by atoms with van der Waals surface area (Å²) in [7, 11) is 0. The fourth-order valence-corrected chi connectivity index (χ4v) is 4.56. The van der Waals surface area contributed by atoms with Gasteiger partial charge in [-0.25, -0.2) is 0 Å². The highest BCUT2D eigenvalue weighted by atomic mass is 79.9. The van der Waals surface area contributed by atoms with Crippen molar-refractivity contribution in [3.63, 3.8) is 0 Å². The van der Waals surface area contributed by atoms with Crippen LogP contribution in [0.5, 0.6) is 0 Å². The zero-order valence-electron chi connectivity index (χ0n) is 8.38. The SMILES string of the molecule is Cc1cc(C)c(C(Br)c2csc(Cl)c2)s1. The van der Waals surface area contributed by atoms with Gasteiger partial charge in [-0.05, 0) is 42.5 Å². The first-order chi connectivity index (χ1) is 7.08. The summed E-state index contributed by atoms with van der Waals surface area (Å²) in [5.41, 5.74) is 2.59. The van der Waals surface area contributed by atoms with Crippen LogP contribution in [0.4, 0.5) is 0 Å². The van der Waals surface area contributed by atoms with Gasteiger partial charge in [0.25, 0.3) is 0 Å². The van der Waals surface area contributed by atoms with Gasteiger partial charge in [0.2, 0.25) is 0 Å². The average molecular weight is 322 g/mol. The summed E-state index contributed by atoms with van der Waals surface area (Å²) in [4.78, 5) is 3.01. The number of aryl methyl sites for hydroxylation is 2.